The third-order valence-electron chi connectivity index (χ3n) is 2.54. The Kier molecular flexibility index (Phi) is 4.88. The van der Waals surface area contributed by atoms with Gasteiger partial charge in [-0.1, -0.05) is 6.07 Å². The molecule has 1 N–H and O–H groups in total. The van der Waals surface area contributed by atoms with Crippen LogP contribution in [0.4, 0.5) is 0 Å². The van der Waals surface area contributed by atoms with E-state index < -0.39 is 0 Å². The van der Waals surface area contributed by atoms with Gasteiger partial charge in [-0.2, -0.15) is 0 Å². The van der Waals surface area contributed by atoms with Crippen molar-refractivity contribution in [3.63, 3.8) is 0 Å². The highest BCUT2D eigenvalue weighted by atomic mass is 16.5. The molecule has 1 aromatic carbocycles. The van der Waals surface area contributed by atoms with Gasteiger partial charge in [0.15, 0.2) is 0 Å². The van der Waals surface area contributed by atoms with Crippen molar-refractivity contribution in [3.05, 3.63) is 30.2 Å². The molecule has 0 saturated heterocycles. The zero-order valence-electron chi connectivity index (χ0n) is 11.0. The van der Waals surface area contributed by atoms with Gasteiger partial charge in [0.25, 0.3) is 0 Å². The second-order valence-electron chi connectivity index (χ2n) is 3.90. The molecular weight excluding hydrogens is 246 g/mol. The fourth-order valence-electron chi connectivity index (χ4n) is 1.57. The lowest BCUT2D eigenvalue weighted by Gasteiger charge is -2.00. The smallest absolute Gasteiger partial charge is 0.247 e. The van der Waals surface area contributed by atoms with Gasteiger partial charge in [0, 0.05) is 19.2 Å². The monoisotopic (exact) mass is 263 g/mol. The van der Waals surface area contributed by atoms with Crippen LogP contribution in [0.5, 0.6) is 5.75 Å². The van der Waals surface area contributed by atoms with Crippen LogP contribution in [0.2, 0.25) is 0 Å². The molecule has 0 saturated carbocycles. The first-order chi connectivity index (χ1) is 9.33. The standard InChI is InChI=1S/C13H17N3O3/c1-17-7-6-14-9-12-15-16-13(19-12)10-4-3-5-11(8-10)18-2/h3-5,8,14H,6-7,9H2,1-2H3. The summed E-state index contributed by atoms with van der Waals surface area (Å²) in [6.07, 6.45) is 0. The van der Waals surface area contributed by atoms with E-state index >= 15 is 0 Å². The summed E-state index contributed by atoms with van der Waals surface area (Å²) in [6, 6.07) is 7.51. The zero-order valence-corrected chi connectivity index (χ0v) is 11.0. The molecule has 1 heterocycles. The van der Waals surface area contributed by atoms with Crippen molar-refractivity contribution in [2.45, 2.75) is 6.54 Å². The first-order valence-electron chi connectivity index (χ1n) is 6.00. The Hall–Kier alpha value is -1.92. The molecule has 0 atom stereocenters. The minimum Gasteiger partial charge on any atom is -0.497 e. The largest absolute Gasteiger partial charge is 0.497 e. The second kappa shape index (κ2) is 6.86. The number of aromatic nitrogens is 2. The van der Waals surface area contributed by atoms with E-state index in [0.29, 0.717) is 24.9 Å². The van der Waals surface area contributed by atoms with Crippen LogP contribution in [0, 0.1) is 0 Å². The molecule has 2 aromatic rings. The van der Waals surface area contributed by atoms with Crippen molar-refractivity contribution < 1.29 is 13.9 Å². The van der Waals surface area contributed by atoms with E-state index in [4.69, 9.17) is 13.9 Å². The van der Waals surface area contributed by atoms with Gasteiger partial charge in [-0.25, -0.2) is 0 Å². The SMILES string of the molecule is COCCNCc1nnc(-c2cccc(OC)c2)o1. The summed E-state index contributed by atoms with van der Waals surface area (Å²) in [6.45, 7) is 1.92. The fourth-order valence-corrected chi connectivity index (χ4v) is 1.57. The molecule has 102 valence electrons. The Balaban J connectivity index is 1.99. The van der Waals surface area contributed by atoms with Gasteiger partial charge in [0.05, 0.1) is 20.3 Å². The van der Waals surface area contributed by atoms with Crippen LogP contribution in [0.3, 0.4) is 0 Å². The summed E-state index contributed by atoms with van der Waals surface area (Å²) >= 11 is 0. The molecule has 0 bridgehead atoms. The zero-order chi connectivity index (χ0) is 13.5. The van der Waals surface area contributed by atoms with E-state index in [1.54, 1.807) is 14.2 Å². The molecule has 0 fully saturated rings. The number of hydrogen-bond acceptors (Lipinski definition) is 6. The van der Waals surface area contributed by atoms with Crippen LogP contribution in [0.25, 0.3) is 11.5 Å². The molecule has 0 aliphatic carbocycles. The number of benzene rings is 1. The average molecular weight is 263 g/mol. The van der Waals surface area contributed by atoms with Crippen LogP contribution in [0.15, 0.2) is 28.7 Å². The molecular formula is C13H17N3O3. The number of nitrogens with one attached hydrogen (secondary N) is 1. The first kappa shape index (κ1) is 13.5. The van der Waals surface area contributed by atoms with Crippen molar-refractivity contribution in [2.24, 2.45) is 0 Å². The number of rotatable bonds is 7. The Bertz CT molecular complexity index is 513. The molecule has 19 heavy (non-hydrogen) atoms. The maximum absolute atomic E-state index is 5.57. The van der Waals surface area contributed by atoms with Crippen LogP contribution in [0.1, 0.15) is 5.89 Å². The average Bonchev–Trinajstić information content (AvgIpc) is 2.92. The predicted molar refractivity (Wildman–Crippen MR) is 69.9 cm³/mol. The molecule has 0 unspecified atom stereocenters. The van der Waals surface area contributed by atoms with E-state index in [1.165, 1.54) is 0 Å². The summed E-state index contributed by atoms with van der Waals surface area (Å²) in [4.78, 5) is 0. The molecule has 0 spiro atoms. The molecule has 0 amide bonds. The van der Waals surface area contributed by atoms with Crippen LogP contribution >= 0.6 is 0 Å². The van der Waals surface area contributed by atoms with Crippen LogP contribution in [-0.4, -0.2) is 37.6 Å². The lowest BCUT2D eigenvalue weighted by molar-refractivity contribution is 0.198. The summed E-state index contributed by atoms with van der Waals surface area (Å²) < 4.78 is 15.7. The molecule has 0 radical (unpaired) electrons. The van der Waals surface area contributed by atoms with Crippen molar-refractivity contribution in [3.8, 4) is 17.2 Å². The van der Waals surface area contributed by atoms with E-state index in [1.807, 2.05) is 24.3 Å². The minimum absolute atomic E-state index is 0.488. The molecule has 1 aromatic heterocycles. The van der Waals surface area contributed by atoms with Gasteiger partial charge in [0.1, 0.15) is 5.75 Å². The van der Waals surface area contributed by atoms with Crippen molar-refractivity contribution >= 4 is 0 Å². The predicted octanol–water partition coefficient (Wildman–Crippen LogP) is 1.48. The maximum Gasteiger partial charge on any atom is 0.247 e. The maximum atomic E-state index is 5.57. The van der Waals surface area contributed by atoms with Gasteiger partial charge in [0.2, 0.25) is 11.8 Å². The Morgan fingerprint density at radius 2 is 2.16 bits per heavy atom. The Labute approximate surface area is 111 Å². The van der Waals surface area contributed by atoms with Crippen molar-refractivity contribution in [1.82, 2.24) is 15.5 Å². The summed E-state index contributed by atoms with van der Waals surface area (Å²) in [5.41, 5.74) is 0.843. The molecule has 0 aliphatic rings. The van der Waals surface area contributed by atoms with Gasteiger partial charge < -0.3 is 19.2 Å². The first-order valence-corrected chi connectivity index (χ1v) is 6.00. The third-order valence-corrected chi connectivity index (χ3v) is 2.54. The molecule has 0 aliphatic heterocycles. The second-order valence-corrected chi connectivity index (χ2v) is 3.90. The Morgan fingerprint density at radius 3 is 2.95 bits per heavy atom. The summed E-state index contributed by atoms with van der Waals surface area (Å²) in [7, 11) is 3.29. The van der Waals surface area contributed by atoms with Gasteiger partial charge in [-0.15, -0.1) is 10.2 Å². The van der Waals surface area contributed by atoms with E-state index in [-0.39, 0.29) is 0 Å². The number of nitrogens with zero attached hydrogens (tertiary/aromatic N) is 2. The van der Waals surface area contributed by atoms with Crippen LogP contribution < -0.4 is 10.1 Å². The number of hydrogen-bond donors (Lipinski definition) is 1. The topological polar surface area (TPSA) is 69.4 Å². The summed E-state index contributed by atoms with van der Waals surface area (Å²) in [5, 5.41) is 11.1. The normalized spacial score (nSPS) is 10.6. The fraction of sp³-hybridized carbons (Fsp3) is 0.385. The molecule has 6 heteroatoms. The number of methoxy groups -OCH3 is 2. The highest BCUT2D eigenvalue weighted by Crippen LogP contribution is 2.22. The molecule has 6 nitrogen and oxygen atoms in total. The van der Waals surface area contributed by atoms with Gasteiger partial charge >= 0.3 is 0 Å². The minimum atomic E-state index is 0.488. The van der Waals surface area contributed by atoms with Gasteiger partial charge in [-0.05, 0) is 18.2 Å². The highest BCUT2D eigenvalue weighted by molar-refractivity contribution is 5.55. The third kappa shape index (κ3) is 3.77. The Morgan fingerprint density at radius 1 is 1.26 bits per heavy atom. The number of ether oxygens (including phenoxy) is 2. The lowest BCUT2D eigenvalue weighted by atomic mass is 10.2. The molecule has 2 rings (SSSR count). The van der Waals surface area contributed by atoms with E-state index in [9.17, 15) is 0 Å². The van der Waals surface area contributed by atoms with E-state index in [0.717, 1.165) is 17.9 Å². The van der Waals surface area contributed by atoms with Crippen molar-refractivity contribution in [2.75, 3.05) is 27.4 Å². The summed E-state index contributed by atoms with van der Waals surface area (Å²) in [5.74, 6) is 1.80. The van der Waals surface area contributed by atoms with E-state index in [2.05, 4.69) is 15.5 Å². The van der Waals surface area contributed by atoms with Crippen molar-refractivity contribution in [1.29, 1.82) is 0 Å². The van der Waals surface area contributed by atoms with Crippen LogP contribution in [-0.2, 0) is 11.3 Å². The lowest BCUT2D eigenvalue weighted by Crippen LogP contribution is -2.18. The van der Waals surface area contributed by atoms with Gasteiger partial charge in [-0.3, -0.25) is 0 Å². The highest BCUT2D eigenvalue weighted by Gasteiger charge is 2.08. The quantitative estimate of drug-likeness (QED) is 0.763.